The first kappa shape index (κ1) is 12.5. The van der Waals surface area contributed by atoms with Crippen molar-refractivity contribution in [1.29, 1.82) is 0 Å². The SMILES string of the molecule is Cc1ccc(N2C(N)=NCC2C2CCCOC2)cc1. The molecule has 1 saturated heterocycles. The molecule has 2 N–H and O–H groups in total. The van der Waals surface area contributed by atoms with Gasteiger partial charge in [-0.1, -0.05) is 17.7 Å². The second-order valence-corrected chi connectivity index (χ2v) is 5.45. The topological polar surface area (TPSA) is 50.8 Å². The first-order chi connectivity index (χ1) is 9.25. The minimum atomic E-state index is 0.350. The maximum atomic E-state index is 6.08. The normalized spacial score (nSPS) is 27.4. The van der Waals surface area contributed by atoms with Crippen LogP contribution < -0.4 is 10.6 Å². The molecular formula is C15H21N3O. The Morgan fingerprint density at radius 3 is 2.79 bits per heavy atom. The van der Waals surface area contributed by atoms with Crippen molar-refractivity contribution in [1.82, 2.24) is 0 Å². The van der Waals surface area contributed by atoms with E-state index in [0.29, 0.717) is 17.9 Å². The number of guanidine groups is 1. The second kappa shape index (κ2) is 5.21. The van der Waals surface area contributed by atoms with Gasteiger partial charge in [0, 0.05) is 18.2 Å². The third kappa shape index (κ3) is 2.45. The fraction of sp³-hybridized carbons (Fsp3) is 0.533. The highest BCUT2D eigenvalue weighted by atomic mass is 16.5. The number of ether oxygens (including phenoxy) is 1. The van der Waals surface area contributed by atoms with Gasteiger partial charge < -0.3 is 15.4 Å². The molecule has 0 saturated carbocycles. The molecule has 0 aromatic heterocycles. The van der Waals surface area contributed by atoms with Crippen molar-refractivity contribution in [3.05, 3.63) is 29.8 Å². The molecule has 1 aromatic rings. The molecule has 2 unspecified atom stereocenters. The van der Waals surface area contributed by atoms with E-state index in [-0.39, 0.29) is 0 Å². The summed E-state index contributed by atoms with van der Waals surface area (Å²) in [6.45, 7) is 4.60. The summed E-state index contributed by atoms with van der Waals surface area (Å²) in [5, 5.41) is 0. The number of aliphatic imine (C=N–C) groups is 1. The Bertz CT molecular complexity index is 463. The molecule has 0 amide bonds. The number of nitrogens with two attached hydrogens (primary N) is 1. The minimum Gasteiger partial charge on any atom is -0.381 e. The third-order valence-electron chi connectivity index (χ3n) is 4.07. The van der Waals surface area contributed by atoms with Crippen LogP contribution in [0.2, 0.25) is 0 Å². The summed E-state index contributed by atoms with van der Waals surface area (Å²) in [7, 11) is 0. The van der Waals surface area contributed by atoms with Gasteiger partial charge in [-0.05, 0) is 31.9 Å². The highest BCUT2D eigenvalue weighted by Gasteiger charge is 2.34. The van der Waals surface area contributed by atoms with E-state index in [4.69, 9.17) is 10.5 Å². The van der Waals surface area contributed by atoms with E-state index in [1.54, 1.807) is 0 Å². The number of nitrogens with zero attached hydrogens (tertiary/aromatic N) is 2. The molecule has 19 heavy (non-hydrogen) atoms. The van der Waals surface area contributed by atoms with Crippen LogP contribution in [0.3, 0.4) is 0 Å². The van der Waals surface area contributed by atoms with Gasteiger partial charge in [-0.15, -0.1) is 0 Å². The average molecular weight is 259 g/mol. The summed E-state index contributed by atoms with van der Waals surface area (Å²) in [6.07, 6.45) is 2.35. The Hall–Kier alpha value is -1.55. The predicted molar refractivity (Wildman–Crippen MR) is 77.5 cm³/mol. The van der Waals surface area contributed by atoms with Crippen molar-refractivity contribution in [2.75, 3.05) is 24.7 Å². The van der Waals surface area contributed by atoms with Crippen molar-refractivity contribution in [3.63, 3.8) is 0 Å². The average Bonchev–Trinajstić information content (AvgIpc) is 2.83. The van der Waals surface area contributed by atoms with E-state index >= 15 is 0 Å². The first-order valence-electron chi connectivity index (χ1n) is 6.99. The number of aryl methyl sites for hydroxylation is 1. The van der Waals surface area contributed by atoms with E-state index in [0.717, 1.165) is 31.9 Å². The van der Waals surface area contributed by atoms with Gasteiger partial charge in [0.1, 0.15) is 0 Å². The van der Waals surface area contributed by atoms with E-state index < -0.39 is 0 Å². The van der Waals surface area contributed by atoms with Gasteiger partial charge in [-0.2, -0.15) is 0 Å². The van der Waals surface area contributed by atoms with Crippen LogP contribution in [-0.2, 0) is 4.74 Å². The van der Waals surface area contributed by atoms with Crippen molar-refractivity contribution >= 4 is 11.6 Å². The minimum absolute atomic E-state index is 0.350. The fourth-order valence-corrected chi connectivity index (χ4v) is 2.97. The Balaban J connectivity index is 1.83. The monoisotopic (exact) mass is 259 g/mol. The van der Waals surface area contributed by atoms with Gasteiger partial charge in [0.05, 0.1) is 19.2 Å². The fourth-order valence-electron chi connectivity index (χ4n) is 2.97. The highest BCUT2D eigenvalue weighted by Crippen LogP contribution is 2.29. The molecule has 2 atom stereocenters. The molecule has 2 aliphatic rings. The summed E-state index contributed by atoms with van der Waals surface area (Å²) in [6, 6.07) is 8.84. The molecule has 1 aromatic carbocycles. The summed E-state index contributed by atoms with van der Waals surface area (Å²) in [4.78, 5) is 6.62. The standard InChI is InChI=1S/C15H21N3O/c1-11-4-6-13(7-5-11)18-14(9-17-15(18)16)12-3-2-8-19-10-12/h4-7,12,14H,2-3,8-10H2,1H3,(H2,16,17). The van der Waals surface area contributed by atoms with E-state index in [9.17, 15) is 0 Å². The van der Waals surface area contributed by atoms with Crippen molar-refractivity contribution < 1.29 is 4.74 Å². The lowest BCUT2D eigenvalue weighted by molar-refractivity contribution is 0.0473. The van der Waals surface area contributed by atoms with Crippen LogP contribution in [0.4, 0.5) is 5.69 Å². The Morgan fingerprint density at radius 1 is 1.32 bits per heavy atom. The number of hydrogen-bond acceptors (Lipinski definition) is 4. The number of anilines is 1. The predicted octanol–water partition coefficient (Wildman–Crippen LogP) is 1.92. The summed E-state index contributed by atoms with van der Waals surface area (Å²) < 4.78 is 5.61. The third-order valence-corrected chi connectivity index (χ3v) is 4.07. The quantitative estimate of drug-likeness (QED) is 0.883. The smallest absolute Gasteiger partial charge is 0.196 e. The van der Waals surface area contributed by atoms with Gasteiger partial charge in [0.25, 0.3) is 0 Å². The van der Waals surface area contributed by atoms with Crippen LogP contribution in [0.5, 0.6) is 0 Å². The van der Waals surface area contributed by atoms with E-state index in [2.05, 4.69) is 41.1 Å². The molecular weight excluding hydrogens is 238 g/mol. The van der Waals surface area contributed by atoms with Gasteiger partial charge in [0.15, 0.2) is 5.96 Å². The number of hydrogen-bond donors (Lipinski definition) is 1. The van der Waals surface area contributed by atoms with Crippen molar-refractivity contribution in [2.45, 2.75) is 25.8 Å². The molecule has 2 heterocycles. The molecule has 0 aliphatic carbocycles. The maximum absolute atomic E-state index is 6.08. The molecule has 2 aliphatic heterocycles. The largest absolute Gasteiger partial charge is 0.381 e. The van der Waals surface area contributed by atoms with Crippen LogP contribution in [0, 0.1) is 12.8 Å². The zero-order valence-electron chi connectivity index (χ0n) is 11.4. The van der Waals surface area contributed by atoms with Gasteiger partial charge in [0.2, 0.25) is 0 Å². The summed E-state index contributed by atoms with van der Waals surface area (Å²) in [5.74, 6) is 1.17. The molecule has 3 rings (SSSR count). The Labute approximate surface area is 114 Å². The molecule has 4 nitrogen and oxygen atoms in total. The maximum Gasteiger partial charge on any atom is 0.196 e. The van der Waals surface area contributed by atoms with Gasteiger partial charge in [-0.25, -0.2) is 0 Å². The lowest BCUT2D eigenvalue weighted by Gasteiger charge is -2.34. The van der Waals surface area contributed by atoms with Crippen LogP contribution in [0.25, 0.3) is 0 Å². The molecule has 0 bridgehead atoms. The van der Waals surface area contributed by atoms with Gasteiger partial charge in [-0.3, -0.25) is 4.99 Å². The van der Waals surface area contributed by atoms with Crippen LogP contribution in [0.15, 0.2) is 29.3 Å². The lowest BCUT2D eigenvalue weighted by Crippen LogP contribution is -2.47. The first-order valence-corrected chi connectivity index (χ1v) is 6.99. The van der Waals surface area contributed by atoms with Crippen LogP contribution >= 0.6 is 0 Å². The Kier molecular flexibility index (Phi) is 3.42. The molecule has 1 fully saturated rings. The van der Waals surface area contributed by atoms with Crippen molar-refractivity contribution in [3.8, 4) is 0 Å². The van der Waals surface area contributed by atoms with Gasteiger partial charge >= 0.3 is 0 Å². The summed E-state index contributed by atoms with van der Waals surface area (Å²) >= 11 is 0. The number of benzene rings is 1. The zero-order valence-corrected chi connectivity index (χ0v) is 11.4. The molecule has 0 radical (unpaired) electrons. The molecule has 4 heteroatoms. The molecule has 0 spiro atoms. The van der Waals surface area contributed by atoms with Crippen molar-refractivity contribution in [2.24, 2.45) is 16.6 Å². The molecule has 102 valence electrons. The lowest BCUT2D eigenvalue weighted by atomic mass is 9.93. The van der Waals surface area contributed by atoms with E-state index in [1.807, 2.05) is 0 Å². The highest BCUT2D eigenvalue weighted by molar-refractivity contribution is 5.97. The van der Waals surface area contributed by atoms with Crippen LogP contribution in [0.1, 0.15) is 18.4 Å². The number of rotatable bonds is 2. The van der Waals surface area contributed by atoms with E-state index in [1.165, 1.54) is 12.0 Å². The Morgan fingerprint density at radius 2 is 2.11 bits per heavy atom. The zero-order chi connectivity index (χ0) is 13.2. The van der Waals surface area contributed by atoms with Crippen LogP contribution in [-0.4, -0.2) is 31.8 Å². The second-order valence-electron chi connectivity index (χ2n) is 5.45. The summed E-state index contributed by atoms with van der Waals surface area (Å²) in [5.41, 5.74) is 8.48.